The van der Waals surface area contributed by atoms with Crippen molar-refractivity contribution in [3.05, 3.63) is 88.9 Å². The van der Waals surface area contributed by atoms with E-state index >= 15 is 0 Å². The zero-order chi connectivity index (χ0) is 25.4. The monoisotopic (exact) mass is 483 g/mol. The highest BCUT2D eigenvalue weighted by molar-refractivity contribution is 5.98. The summed E-state index contributed by atoms with van der Waals surface area (Å²) in [6.07, 6.45) is 3.41. The number of ether oxygens (including phenoxy) is 2. The molecule has 5 rings (SSSR count). The average Bonchev–Trinajstić information content (AvgIpc) is 3.36. The largest absolute Gasteiger partial charge is 0.493 e. The standard InChI is InChI=1S/C30H33N3O3/c1-6-32(7-2)21-14-15-24(27(18-21)35-9-4)30(25-19-31-17-16-22(25)29(34)36-30)28-20(5)33(8-3)26-13-11-10-12-23(26)28/h10-19H,6-9H2,1-5H3. The highest BCUT2D eigenvalue weighted by Gasteiger charge is 2.52. The predicted molar refractivity (Wildman–Crippen MR) is 143 cm³/mol. The van der Waals surface area contributed by atoms with Crippen molar-refractivity contribution in [3.63, 3.8) is 0 Å². The smallest absolute Gasteiger partial charge is 0.340 e. The third kappa shape index (κ3) is 3.39. The third-order valence-electron chi connectivity index (χ3n) is 7.34. The summed E-state index contributed by atoms with van der Waals surface area (Å²) in [7, 11) is 0. The van der Waals surface area contributed by atoms with Crippen LogP contribution in [0.2, 0.25) is 0 Å². The van der Waals surface area contributed by atoms with Crippen LogP contribution in [0.3, 0.4) is 0 Å². The summed E-state index contributed by atoms with van der Waals surface area (Å²) >= 11 is 0. The Bertz CT molecular complexity index is 1440. The number of carbonyl (C=O) groups is 1. The minimum Gasteiger partial charge on any atom is -0.493 e. The molecule has 1 aliphatic heterocycles. The first-order chi connectivity index (χ1) is 17.5. The van der Waals surface area contributed by atoms with E-state index in [1.807, 2.05) is 19.1 Å². The van der Waals surface area contributed by atoms with Crippen molar-refractivity contribution in [2.45, 2.75) is 46.8 Å². The molecule has 4 aromatic rings. The van der Waals surface area contributed by atoms with Crippen LogP contribution in [-0.2, 0) is 16.9 Å². The first kappa shape index (κ1) is 23.9. The normalized spacial score (nSPS) is 16.8. The third-order valence-corrected chi connectivity index (χ3v) is 7.34. The molecule has 186 valence electrons. The molecule has 0 saturated carbocycles. The van der Waals surface area contributed by atoms with Gasteiger partial charge in [-0.05, 0) is 58.9 Å². The van der Waals surface area contributed by atoms with E-state index < -0.39 is 5.60 Å². The molecule has 1 atom stereocenters. The van der Waals surface area contributed by atoms with Gasteiger partial charge in [-0.15, -0.1) is 0 Å². The van der Waals surface area contributed by atoms with E-state index in [-0.39, 0.29) is 5.97 Å². The predicted octanol–water partition coefficient (Wildman–Crippen LogP) is 6.07. The number of aromatic nitrogens is 2. The van der Waals surface area contributed by atoms with Crippen molar-refractivity contribution in [3.8, 4) is 5.75 Å². The Kier molecular flexibility index (Phi) is 6.20. The van der Waals surface area contributed by atoms with Gasteiger partial charge in [0.25, 0.3) is 0 Å². The van der Waals surface area contributed by atoms with Crippen LogP contribution in [0.15, 0.2) is 60.9 Å². The van der Waals surface area contributed by atoms with Crippen LogP contribution in [0.5, 0.6) is 5.75 Å². The van der Waals surface area contributed by atoms with Gasteiger partial charge in [0.1, 0.15) is 5.75 Å². The molecule has 2 aromatic heterocycles. The number of nitrogens with zero attached hydrogens (tertiary/aromatic N) is 3. The highest BCUT2D eigenvalue weighted by Crippen LogP contribution is 2.53. The fraction of sp³-hybridized carbons (Fsp3) is 0.333. The van der Waals surface area contributed by atoms with Crippen molar-refractivity contribution in [2.24, 2.45) is 0 Å². The number of benzene rings is 2. The second kappa shape index (κ2) is 9.34. The van der Waals surface area contributed by atoms with Gasteiger partial charge in [-0.2, -0.15) is 0 Å². The maximum Gasteiger partial charge on any atom is 0.340 e. The summed E-state index contributed by atoms with van der Waals surface area (Å²) in [6, 6.07) is 16.3. The van der Waals surface area contributed by atoms with Gasteiger partial charge < -0.3 is 18.9 Å². The lowest BCUT2D eigenvalue weighted by Gasteiger charge is -2.33. The molecule has 0 N–H and O–H groups in total. The zero-order valence-corrected chi connectivity index (χ0v) is 21.7. The number of esters is 1. The number of carbonyl (C=O) groups excluding carboxylic acids is 1. The number of aryl methyl sites for hydroxylation is 1. The summed E-state index contributed by atoms with van der Waals surface area (Å²) in [5.74, 6) is 0.356. The van der Waals surface area contributed by atoms with Gasteiger partial charge in [-0.25, -0.2) is 4.79 Å². The SMILES string of the molecule is CCOc1cc(N(CC)CC)ccc1C1(c2c(C)n(CC)c3ccccc23)OC(=O)c2ccncc21. The van der Waals surface area contributed by atoms with E-state index in [9.17, 15) is 4.79 Å². The molecule has 2 aromatic carbocycles. The molecule has 0 fully saturated rings. The number of cyclic esters (lactones) is 1. The average molecular weight is 484 g/mol. The van der Waals surface area contributed by atoms with Crippen LogP contribution in [0.1, 0.15) is 60.4 Å². The van der Waals surface area contributed by atoms with Gasteiger partial charge >= 0.3 is 5.97 Å². The molecule has 0 spiro atoms. The van der Waals surface area contributed by atoms with Gasteiger partial charge in [0.05, 0.1) is 12.2 Å². The fourth-order valence-electron chi connectivity index (χ4n) is 5.77. The number of hydrogen-bond donors (Lipinski definition) is 0. The lowest BCUT2D eigenvalue weighted by atomic mass is 9.78. The molecular weight excluding hydrogens is 450 g/mol. The number of fused-ring (bicyclic) bond motifs is 2. The summed E-state index contributed by atoms with van der Waals surface area (Å²) in [5, 5.41) is 1.05. The first-order valence-electron chi connectivity index (χ1n) is 12.8. The van der Waals surface area contributed by atoms with Crippen molar-refractivity contribution >= 4 is 22.6 Å². The van der Waals surface area contributed by atoms with Crippen LogP contribution in [0, 0.1) is 6.92 Å². The van der Waals surface area contributed by atoms with Gasteiger partial charge in [0.15, 0.2) is 5.60 Å². The minimum atomic E-state index is -1.18. The molecule has 0 aliphatic carbocycles. The van der Waals surface area contributed by atoms with Crippen LogP contribution < -0.4 is 9.64 Å². The zero-order valence-electron chi connectivity index (χ0n) is 21.7. The number of rotatable bonds is 8. The number of pyridine rings is 1. The molecule has 36 heavy (non-hydrogen) atoms. The number of anilines is 1. The maximum atomic E-state index is 13.4. The fourth-order valence-corrected chi connectivity index (χ4v) is 5.77. The molecule has 0 radical (unpaired) electrons. The Balaban J connectivity index is 1.90. The Morgan fingerprint density at radius 2 is 1.81 bits per heavy atom. The van der Waals surface area contributed by atoms with Crippen LogP contribution in [0.25, 0.3) is 10.9 Å². The second-order valence-corrected chi connectivity index (χ2v) is 9.00. The number of para-hydroxylation sites is 1. The van der Waals surface area contributed by atoms with Crippen LogP contribution in [-0.4, -0.2) is 35.2 Å². The van der Waals surface area contributed by atoms with Crippen molar-refractivity contribution in [1.29, 1.82) is 0 Å². The quantitative estimate of drug-likeness (QED) is 0.285. The Morgan fingerprint density at radius 1 is 1.03 bits per heavy atom. The Morgan fingerprint density at radius 3 is 2.53 bits per heavy atom. The van der Waals surface area contributed by atoms with E-state index in [0.29, 0.717) is 17.9 Å². The summed E-state index contributed by atoms with van der Waals surface area (Å²) in [5.41, 5.74) is 5.10. The van der Waals surface area contributed by atoms with Crippen molar-refractivity contribution in [1.82, 2.24) is 9.55 Å². The lowest BCUT2D eigenvalue weighted by molar-refractivity contribution is 0.0246. The Hall–Kier alpha value is -3.80. The molecule has 0 bridgehead atoms. The first-order valence-corrected chi connectivity index (χ1v) is 12.8. The number of hydrogen-bond acceptors (Lipinski definition) is 5. The van der Waals surface area contributed by atoms with E-state index in [1.54, 1.807) is 18.5 Å². The van der Waals surface area contributed by atoms with E-state index in [0.717, 1.165) is 58.6 Å². The maximum absolute atomic E-state index is 13.4. The van der Waals surface area contributed by atoms with Crippen molar-refractivity contribution < 1.29 is 14.3 Å². The molecule has 6 heteroatoms. The van der Waals surface area contributed by atoms with Crippen LogP contribution in [0.4, 0.5) is 5.69 Å². The van der Waals surface area contributed by atoms with Gasteiger partial charge in [-0.1, -0.05) is 18.2 Å². The molecule has 1 unspecified atom stereocenters. The molecule has 0 saturated heterocycles. The molecule has 0 amide bonds. The summed E-state index contributed by atoms with van der Waals surface area (Å²) < 4.78 is 15.0. The van der Waals surface area contributed by atoms with E-state index in [4.69, 9.17) is 9.47 Å². The van der Waals surface area contributed by atoms with Gasteiger partial charge in [0.2, 0.25) is 0 Å². The van der Waals surface area contributed by atoms with Crippen LogP contribution >= 0.6 is 0 Å². The summed E-state index contributed by atoms with van der Waals surface area (Å²) in [4.78, 5) is 20.1. The van der Waals surface area contributed by atoms with Crippen molar-refractivity contribution in [2.75, 3.05) is 24.6 Å². The van der Waals surface area contributed by atoms with E-state index in [2.05, 4.69) is 72.5 Å². The molecule has 6 nitrogen and oxygen atoms in total. The lowest BCUT2D eigenvalue weighted by Crippen LogP contribution is -2.31. The molecule has 3 heterocycles. The molecule has 1 aliphatic rings. The molecular formula is C30H33N3O3. The Labute approximate surface area is 212 Å². The topological polar surface area (TPSA) is 56.6 Å². The minimum absolute atomic E-state index is 0.351. The van der Waals surface area contributed by atoms with Gasteiger partial charge in [-0.3, -0.25) is 4.98 Å². The second-order valence-electron chi connectivity index (χ2n) is 9.00. The summed E-state index contributed by atoms with van der Waals surface area (Å²) in [6.45, 7) is 13.6. The van der Waals surface area contributed by atoms with E-state index in [1.165, 1.54) is 0 Å². The van der Waals surface area contributed by atoms with Gasteiger partial charge in [0, 0.05) is 77.1 Å². The highest BCUT2D eigenvalue weighted by atomic mass is 16.6.